The van der Waals surface area contributed by atoms with E-state index in [1.165, 1.54) is 12.1 Å². The number of carbonyl (C=O) groups excluding carboxylic acids is 1. The normalized spacial score (nSPS) is 13.0. The molecule has 0 aliphatic carbocycles. The van der Waals surface area contributed by atoms with Crippen LogP contribution in [0, 0.1) is 5.92 Å². The maximum atomic E-state index is 12.7. The van der Waals surface area contributed by atoms with Crippen LogP contribution in [0.25, 0.3) is 0 Å². The molecule has 2 aromatic carbocycles. The van der Waals surface area contributed by atoms with Gasteiger partial charge < -0.3 is 19.9 Å². The number of nitrogens with one attached hydrogen (secondary N) is 1. The van der Waals surface area contributed by atoms with Crippen LogP contribution in [0.3, 0.4) is 0 Å². The molecule has 2 aromatic rings. The lowest BCUT2D eigenvalue weighted by molar-refractivity contribution is -0.137. The summed E-state index contributed by atoms with van der Waals surface area (Å²) < 4.78 is 11.1. The number of ether oxygens (including phenoxy) is 2. The molecule has 2 rings (SSSR count). The van der Waals surface area contributed by atoms with Gasteiger partial charge in [-0.1, -0.05) is 38.1 Å². The molecule has 6 heteroatoms. The maximum absolute atomic E-state index is 12.7. The van der Waals surface area contributed by atoms with Crippen LogP contribution < -0.4 is 10.1 Å². The second kappa shape index (κ2) is 9.90. The highest BCUT2D eigenvalue weighted by Gasteiger charge is 2.24. The quantitative estimate of drug-likeness (QED) is 0.686. The lowest BCUT2D eigenvalue weighted by Gasteiger charge is -2.23. The van der Waals surface area contributed by atoms with Crippen molar-refractivity contribution in [2.75, 3.05) is 7.11 Å². The van der Waals surface area contributed by atoms with Gasteiger partial charge >= 0.3 is 5.97 Å². The third kappa shape index (κ3) is 5.82. The third-order valence-electron chi connectivity index (χ3n) is 4.44. The Bertz CT molecular complexity index is 801. The number of carbonyl (C=O) groups is 2. The van der Waals surface area contributed by atoms with Gasteiger partial charge in [-0.3, -0.25) is 4.79 Å². The lowest BCUT2D eigenvalue weighted by atomic mass is 10.0. The zero-order chi connectivity index (χ0) is 20.7. The van der Waals surface area contributed by atoms with Crippen molar-refractivity contribution in [1.29, 1.82) is 0 Å². The Morgan fingerprint density at radius 1 is 1.07 bits per heavy atom. The molecule has 2 atom stereocenters. The summed E-state index contributed by atoms with van der Waals surface area (Å²) in [4.78, 5) is 23.7. The summed E-state index contributed by atoms with van der Waals surface area (Å²) in [6, 6.07) is 13.7. The van der Waals surface area contributed by atoms with E-state index in [0.717, 1.165) is 16.9 Å². The van der Waals surface area contributed by atoms with Gasteiger partial charge in [-0.2, -0.15) is 0 Å². The number of carboxylic acids is 1. The fourth-order valence-corrected chi connectivity index (χ4v) is 2.81. The monoisotopic (exact) mass is 385 g/mol. The van der Waals surface area contributed by atoms with Crippen LogP contribution in [0.4, 0.5) is 0 Å². The van der Waals surface area contributed by atoms with Crippen LogP contribution in [-0.4, -0.2) is 30.2 Å². The van der Waals surface area contributed by atoms with Crippen LogP contribution in [-0.2, 0) is 16.1 Å². The number of benzene rings is 2. The summed E-state index contributed by atoms with van der Waals surface area (Å²) in [7, 11) is 1.61. The average Bonchev–Trinajstić information content (AvgIpc) is 2.68. The second-order valence-corrected chi connectivity index (χ2v) is 6.98. The van der Waals surface area contributed by atoms with E-state index in [2.05, 4.69) is 5.32 Å². The minimum atomic E-state index is -0.978. The van der Waals surface area contributed by atoms with Crippen molar-refractivity contribution in [1.82, 2.24) is 5.32 Å². The molecule has 0 spiro atoms. The van der Waals surface area contributed by atoms with E-state index in [1.807, 2.05) is 45.0 Å². The van der Waals surface area contributed by atoms with Gasteiger partial charge in [0.25, 0.3) is 0 Å². The molecule has 0 radical (unpaired) electrons. The highest BCUT2D eigenvalue weighted by molar-refractivity contribution is 5.87. The highest BCUT2D eigenvalue weighted by Crippen LogP contribution is 2.18. The van der Waals surface area contributed by atoms with E-state index in [0.29, 0.717) is 6.61 Å². The number of amides is 1. The van der Waals surface area contributed by atoms with E-state index in [9.17, 15) is 9.59 Å². The number of hydrogen-bond donors (Lipinski definition) is 2. The highest BCUT2D eigenvalue weighted by atomic mass is 16.5. The van der Waals surface area contributed by atoms with Crippen molar-refractivity contribution in [3.63, 3.8) is 0 Å². The Labute approximate surface area is 165 Å². The third-order valence-corrected chi connectivity index (χ3v) is 4.44. The zero-order valence-corrected chi connectivity index (χ0v) is 16.6. The molecule has 0 heterocycles. The van der Waals surface area contributed by atoms with Crippen LogP contribution in [0.15, 0.2) is 48.5 Å². The summed E-state index contributed by atoms with van der Waals surface area (Å²) in [5, 5.41) is 11.9. The maximum Gasteiger partial charge on any atom is 0.335 e. The molecule has 2 unspecified atom stereocenters. The molecule has 6 nitrogen and oxygen atoms in total. The van der Waals surface area contributed by atoms with Gasteiger partial charge in [0.2, 0.25) is 5.91 Å². The summed E-state index contributed by atoms with van der Waals surface area (Å²) in [5.74, 6) is -0.445. The molecule has 0 fully saturated rings. The Kier molecular flexibility index (Phi) is 7.58. The van der Waals surface area contributed by atoms with Crippen molar-refractivity contribution >= 4 is 11.9 Å². The predicted octanol–water partition coefficient (Wildman–Crippen LogP) is 3.81. The van der Waals surface area contributed by atoms with Crippen LogP contribution in [0.5, 0.6) is 5.75 Å². The molecular formula is C22H27NO5. The first kappa shape index (κ1) is 21.4. The Morgan fingerprint density at radius 3 is 2.32 bits per heavy atom. The number of methoxy groups -OCH3 is 1. The number of hydrogen-bond acceptors (Lipinski definition) is 4. The Hall–Kier alpha value is -2.86. The largest absolute Gasteiger partial charge is 0.497 e. The molecule has 1 amide bonds. The van der Waals surface area contributed by atoms with Gasteiger partial charge in [0.1, 0.15) is 11.9 Å². The molecule has 2 N–H and O–H groups in total. The molecule has 0 aliphatic rings. The van der Waals surface area contributed by atoms with Gasteiger partial charge in [0.05, 0.1) is 25.3 Å². The Morgan fingerprint density at radius 2 is 1.75 bits per heavy atom. The molecule has 0 saturated heterocycles. The molecule has 0 bridgehead atoms. The van der Waals surface area contributed by atoms with Crippen molar-refractivity contribution in [2.45, 2.75) is 39.5 Å². The SMILES string of the molecule is COc1cccc(COC(C(=O)NC(C)c2ccc(C(=O)O)cc2)C(C)C)c1. The zero-order valence-electron chi connectivity index (χ0n) is 16.6. The topological polar surface area (TPSA) is 84.9 Å². The summed E-state index contributed by atoms with van der Waals surface area (Å²) in [6.07, 6.45) is -0.605. The first-order valence-electron chi connectivity index (χ1n) is 9.20. The van der Waals surface area contributed by atoms with Crippen molar-refractivity contribution in [3.8, 4) is 5.75 Å². The summed E-state index contributed by atoms with van der Waals surface area (Å²) in [5.41, 5.74) is 1.97. The fraction of sp³-hybridized carbons (Fsp3) is 0.364. The van der Waals surface area contributed by atoms with Gasteiger partial charge in [0, 0.05) is 0 Å². The first-order valence-corrected chi connectivity index (χ1v) is 9.20. The van der Waals surface area contributed by atoms with Crippen LogP contribution in [0.2, 0.25) is 0 Å². The van der Waals surface area contributed by atoms with Crippen molar-refractivity contribution in [2.24, 2.45) is 5.92 Å². The van der Waals surface area contributed by atoms with Crippen LogP contribution >= 0.6 is 0 Å². The number of aromatic carboxylic acids is 1. The Balaban J connectivity index is 2.00. The number of rotatable bonds is 9. The first-order chi connectivity index (χ1) is 13.3. The van der Waals surface area contributed by atoms with E-state index < -0.39 is 12.1 Å². The van der Waals surface area contributed by atoms with Gasteiger partial charge in [0.15, 0.2) is 0 Å². The van der Waals surface area contributed by atoms with E-state index in [1.54, 1.807) is 19.2 Å². The van der Waals surface area contributed by atoms with Gasteiger partial charge in [-0.05, 0) is 48.2 Å². The van der Waals surface area contributed by atoms with Crippen molar-refractivity contribution in [3.05, 3.63) is 65.2 Å². The fourth-order valence-electron chi connectivity index (χ4n) is 2.81. The average molecular weight is 385 g/mol. The molecule has 28 heavy (non-hydrogen) atoms. The minimum absolute atomic E-state index is 0.00723. The molecular weight excluding hydrogens is 358 g/mol. The van der Waals surface area contributed by atoms with Crippen LogP contribution in [0.1, 0.15) is 48.3 Å². The molecule has 0 aromatic heterocycles. The number of carboxylic acid groups (broad SMARTS) is 1. The van der Waals surface area contributed by atoms with E-state index in [-0.39, 0.29) is 23.4 Å². The standard InChI is InChI=1S/C22H27NO5/c1-14(2)20(28-13-16-6-5-7-19(12-16)27-4)21(24)23-15(3)17-8-10-18(11-9-17)22(25)26/h5-12,14-15,20H,13H2,1-4H3,(H,23,24)(H,25,26). The lowest BCUT2D eigenvalue weighted by Crippen LogP contribution is -2.40. The van der Waals surface area contributed by atoms with E-state index >= 15 is 0 Å². The second-order valence-electron chi connectivity index (χ2n) is 6.98. The summed E-state index contributed by atoms with van der Waals surface area (Å²) in [6.45, 7) is 6.02. The molecule has 0 aliphatic heterocycles. The van der Waals surface area contributed by atoms with Gasteiger partial charge in [-0.25, -0.2) is 4.79 Å². The molecule has 150 valence electrons. The summed E-state index contributed by atoms with van der Waals surface area (Å²) >= 11 is 0. The smallest absolute Gasteiger partial charge is 0.335 e. The van der Waals surface area contributed by atoms with Crippen molar-refractivity contribution < 1.29 is 24.2 Å². The van der Waals surface area contributed by atoms with Gasteiger partial charge in [-0.15, -0.1) is 0 Å². The predicted molar refractivity (Wildman–Crippen MR) is 106 cm³/mol. The van der Waals surface area contributed by atoms with E-state index in [4.69, 9.17) is 14.6 Å². The molecule has 0 saturated carbocycles. The minimum Gasteiger partial charge on any atom is -0.497 e.